The molecule has 0 spiro atoms. The van der Waals surface area contributed by atoms with E-state index in [0.29, 0.717) is 32.5 Å². The van der Waals surface area contributed by atoms with E-state index in [1.807, 2.05) is 13.8 Å². The Hall–Kier alpha value is -0.700. The standard InChI is InChI=1S/C11H21N3O4S/c1-8-6-14(7-9(2)18-8)19(16,17)13-10-3-4-11(15)12-5-10/h8-10,13H,3-7H2,1-2H3,(H,12,15). The molecule has 2 aliphatic rings. The van der Waals surface area contributed by atoms with Crippen LogP contribution in [0.1, 0.15) is 26.7 Å². The molecule has 2 rings (SSSR count). The fourth-order valence-electron chi connectivity index (χ4n) is 2.45. The van der Waals surface area contributed by atoms with E-state index >= 15 is 0 Å². The summed E-state index contributed by atoms with van der Waals surface area (Å²) in [5, 5.41) is 2.67. The average molecular weight is 291 g/mol. The van der Waals surface area contributed by atoms with Crippen molar-refractivity contribution in [2.24, 2.45) is 0 Å². The molecule has 2 aliphatic heterocycles. The van der Waals surface area contributed by atoms with Gasteiger partial charge in [-0.25, -0.2) is 0 Å². The first-order valence-electron chi connectivity index (χ1n) is 6.56. The third-order valence-electron chi connectivity index (χ3n) is 3.31. The fourth-order valence-corrected chi connectivity index (χ4v) is 4.03. The van der Waals surface area contributed by atoms with Crippen LogP contribution >= 0.6 is 0 Å². The maximum Gasteiger partial charge on any atom is 0.279 e. The van der Waals surface area contributed by atoms with E-state index in [1.54, 1.807) is 0 Å². The summed E-state index contributed by atoms with van der Waals surface area (Å²) < 4.78 is 34.1. The van der Waals surface area contributed by atoms with Gasteiger partial charge in [-0.05, 0) is 20.3 Å². The van der Waals surface area contributed by atoms with E-state index in [2.05, 4.69) is 10.0 Å². The zero-order valence-corrected chi connectivity index (χ0v) is 12.1. The molecular weight excluding hydrogens is 270 g/mol. The lowest BCUT2D eigenvalue weighted by Gasteiger charge is -2.35. The fraction of sp³-hybridized carbons (Fsp3) is 0.909. The molecule has 2 fully saturated rings. The molecule has 0 saturated carbocycles. The second-order valence-corrected chi connectivity index (χ2v) is 6.94. The highest BCUT2D eigenvalue weighted by Gasteiger charge is 2.33. The number of hydrogen-bond acceptors (Lipinski definition) is 4. The van der Waals surface area contributed by atoms with Gasteiger partial charge in [-0.2, -0.15) is 17.4 Å². The van der Waals surface area contributed by atoms with E-state index in [1.165, 1.54) is 4.31 Å². The van der Waals surface area contributed by atoms with Crippen molar-refractivity contribution in [2.45, 2.75) is 44.9 Å². The summed E-state index contributed by atoms with van der Waals surface area (Å²) in [6, 6.07) is -0.226. The van der Waals surface area contributed by atoms with Crippen molar-refractivity contribution in [1.29, 1.82) is 0 Å². The molecule has 0 aliphatic carbocycles. The van der Waals surface area contributed by atoms with Gasteiger partial charge in [0.05, 0.1) is 12.2 Å². The van der Waals surface area contributed by atoms with Gasteiger partial charge in [0.2, 0.25) is 5.91 Å². The van der Waals surface area contributed by atoms with Gasteiger partial charge in [-0.15, -0.1) is 0 Å². The van der Waals surface area contributed by atoms with Crippen molar-refractivity contribution in [3.05, 3.63) is 0 Å². The van der Waals surface area contributed by atoms with Crippen LogP contribution < -0.4 is 10.0 Å². The summed E-state index contributed by atoms with van der Waals surface area (Å²) in [4.78, 5) is 11.0. The van der Waals surface area contributed by atoms with Crippen LogP contribution in [0.2, 0.25) is 0 Å². The Bertz CT molecular complexity index is 419. The SMILES string of the molecule is CC1CN(S(=O)(=O)NC2CCC(=O)NC2)CC(C)O1. The van der Waals surface area contributed by atoms with Gasteiger partial charge in [0.25, 0.3) is 10.2 Å². The number of nitrogens with zero attached hydrogens (tertiary/aromatic N) is 1. The first-order valence-corrected chi connectivity index (χ1v) is 8.00. The zero-order chi connectivity index (χ0) is 14.0. The number of nitrogens with one attached hydrogen (secondary N) is 2. The summed E-state index contributed by atoms with van der Waals surface area (Å²) in [6.07, 6.45) is 0.696. The molecule has 3 unspecified atom stereocenters. The van der Waals surface area contributed by atoms with Crippen molar-refractivity contribution >= 4 is 16.1 Å². The largest absolute Gasteiger partial charge is 0.373 e. The first-order chi connectivity index (χ1) is 8.87. The normalized spacial score (nSPS) is 34.0. The zero-order valence-electron chi connectivity index (χ0n) is 11.3. The lowest BCUT2D eigenvalue weighted by Crippen LogP contribution is -2.56. The number of hydrogen-bond donors (Lipinski definition) is 2. The number of carbonyl (C=O) groups excluding carboxylic acids is 1. The molecule has 0 aromatic heterocycles. The second kappa shape index (κ2) is 5.74. The van der Waals surface area contributed by atoms with Gasteiger partial charge in [0.1, 0.15) is 0 Å². The van der Waals surface area contributed by atoms with E-state index in [-0.39, 0.29) is 24.2 Å². The number of carbonyl (C=O) groups is 1. The summed E-state index contributed by atoms with van der Waals surface area (Å²) in [5.41, 5.74) is 0. The maximum absolute atomic E-state index is 12.3. The summed E-state index contributed by atoms with van der Waals surface area (Å²) >= 11 is 0. The average Bonchev–Trinajstić information content (AvgIpc) is 2.31. The Morgan fingerprint density at radius 1 is 1.32 bits per heavy atom. The predicted octanol–water partition coefficient (Wildman–Crippen LogP) is -0.791. The molecule has 19 heavy (non-hydrogen) atoms. The lowest BCUT2D eigenvalue weighted by atomic mass is 10.1. The smallest absolute Gasteiger partial charge is 0.279 e. The van der Waals surface area contributed by atoms with E-state index in [9.17, 15) is 13.2 Å². The molecule has 0 radical (unpaired) electrons. The minimum absolute atomic E-state index is 0.0240. The number of rotatable bonds is 3. The van der Waals surface area contributed by atoms with Crippen LogP contribution in [-0.4, -0.2) is 56.5 Å². The van der Waals surface area contributed by atoms with Crippen molar-refractivity contribution in [1.82, 2.24) is 14.3 Å². The molecule has 8 heteroatoms. The van der Waals surface area contributed by atoms with Crippen LogP contribution in [0.3, 0.4) is 0 Å². The Morgan fingerprint density at radius 2 is 1.95 bits per heavy atom. The number of piperidine rings is 1. The van der Waals surface area contributed by atoms with Gasteiger partial charge in [-0.3, -0.25) is 4.79 Å². The Kier molecular flexibility index (Phi) is 4.44. The van der Waals surface area contributed by atoms with Gasteiger partial charge in [-0.1, -0.05) is 0 Å². The molecule has 7 nitrogen and oxygen atoms in total. The molecule has 2 N–H and O–H groups in total. The minimum Gasteiger partial charge on any atom is -0.373 e. The van der Waals surface area contributed by atoms with Gasteiger partial charge in [0.15, 0.2) is 0 Å². The van der Waals surface area contributed by atoms with Crippen molar-refractivity contribution in [3.63, 3.8) is 0 Å². The van der Waals surface area contributed by atoms with Crippen molar-refractivity contribution < 1.29 is 17.9 Å². The van der Waals surface area contributed by atoms with Crippen LogP contribution in [0.4, 0.5) is 0 Å². The Labute approximate surface area is 113 Å². The Morgan fingerprint density at radius 3 is 2.47 bits per heavy atom. The van der Waals surface area contributed by atoms with Crippen LogP contribution in [-0.2, 0) is 19.7 Å². The monoisotopic (exact) mass is 291 g/mol. The van der Waals surface area contributed by atoms with Crippen LogP contribution in [0.15, 0.2) is 0 Å². The predicted molar refractivity (Wildman–Crippen MR) is 69.7 cm³/mol. The molecule has 0 bridgehead atoms. The van der Waals surface area contributed by atoms with Crippen LogP contribution in [0.25, 0.3) is 0 Å². The lowest BCUT2D eigenvalue weighted by molar-refractivity contribution is -0.122. The number of ether oxygens (including phenoxy) is 1. The molecule has 0 aromatic carbocycles. The maximum atomic E-state index is 12.3. The van der Waals surface area contributed by atoms with Crippen molar-refractivity contribution in [2.75, 3.05) is 19.6 Å². The summed E-state index contributed by atoms with van der Waals surface area (Å²) in [6.45, 7) is 4.79. The van der Waals surface area contributed by atoms with Crippen LogP contribution in [0.5, 0.6) is 0 Å². The van der Waals surface area contributed by atoms with Gasteiger partial charge >= 0.3 is 0 Å². The molecule has 1 amide bonds. The van der Waals surface area contributed by atoms with Gasteiger partial charge < -0.3 is 10.1 Å². The first kappa shape index (κ1) is 14.7. The highest BCUT2D eigenvalue weighted by molar-refractivity contribution is 7.87. The minimum atomic E-state index is -3.51. The van der Waals surface area contributed by atoms with Crippen LogP contribution in [0, 0.1) is 0 Å². The topological polar surface area (TPSA) is 87.7 Å². The quantitative estimate of drug-likeness (QED) is 0.713. The molecule has 0 aromatic rings. The van der Waals surface area contributed by atoms with Gasteiger partial charge in [0, 0.05) is 32.1 Å². The Balaban J connectivity index is 1.96. The number of amides is 1. The molecule has 3 atom stereocenters. The molecule has 110 valence electrons. The third-order valence-corrected chi connectivity index (χ3v) is 4.92. The second-order valence-electron chi connectivity index (χ2n) is 5.24. The molecule has 2 saturated heterocycles. The highest BCUT2D eigenvalue weighted by atomic mass is 32.2. The van der Waals surface area contributed by atoms with E-state index in [0.717, 1.165) is 0 Å². The number of morpholine rings is 1. The van der Waals surface area contributed by atoms with Crippen molar-refractivity contribution in [3.8, 4) is 0 Å². The summed E-state index contributed by atoms with van der Waals surface area (Å²) in [7, 11) is -3.51. The van der Waals surface area contributed by atoms with E-state index in [4.69, 9.17) is 4.74 Å². The summed E-state index contributed by atoms with van der Waals surface area (Å²) in [5.74, 6) is -0.0240. The highest BCUT2D eigenvalue weighted by Crippen LogP contribution is 2.14. The molecular formula is C11H21N3O4S. The van der Waals surface area contributed by atoms with E-state index < -0.39 is 10.2 Å². The molecule has 2 heterocycles. The third kappa shape index (κ3) is 3.88.